The Kier molecular flexibility index (Phi) is 13.7. The number of nitrogens with zero attached hydrogens (tertiary/aromatic N) is 5. The van der Waals surface area contributed by atoms with Gasteiger partial charge < -0.3 is 49.6 Å². The largest absolute Gasteiger partial charge is 0.573 e. The van der Waals surface area contributed by atoms with Crippen molar-refractivity contribution in [2.24, 2.45) is 5.41 Å². The molecule has 0 bridgehead atoms. The topological polar surface area (TPSA) is 192 Å². The third-order valence-corrected chi connectivity index (χ3v) is 10.9. The van der Waals surface area contributed by atoms with Gasteiger partial charge in [0.25, 0.3) is 5.91 Å². The first-order chi connectivity index (χ1) is 29.3. The number of anilines is 2. The molecule has 6 rings (SSSR count). The number of H-pyrrole nitrogens is 1. The van der Waals surface area contributed by atoms with Crippen molar-refractivity contribution in [3.05, 3.63) is 76.8 Å². The number of hydrogen-bond donors (Lipinski definition) is 4. The molecule has 2 aromatic heterocycles. The summed E-state index contributed by atoms with van der Waals surface area (Å²) in [4.78, 5) is 68.5. The van der Waals surface area contributed by atoms with Crippen molar-refractivity contribution in [3.63, 3.8) is 0 Å². The van der Waals surface area contributed by atoms with E-state index in [1.165, 1.54) is 43.5 Å². The number of pyridine rings is 1. The normalized spacial score (nSPS) is 18.1. The van der Waals surface area contributed by atoms with Crippen LogP contribution in [0, 0.1) is 5.41 Å². The Morgan fingerprint density at radius 3 is 2.31 bits per heavy atom. The number of ether oxygens (including phenoxy) is 3. The van der Waals surface area contributed by atoms with E-state index < -0.39 is 48.1 Å². The zero-order chi connectivity index (χ0) is 45.1. The number of aliphatic hydroxyl groups is 1. The summed E-state index contributed by atoms with van der Waals surface area (Å²) < 4.78 is 55.8. The molecule has 4 N–H and O–H groups in total. The van der Waals surface area contributed by atoms with E-state index >= 15 is 0 Å². The lowest BCUT2D eigenvalue weighted by atomic mass is 9.94. The number of aromatic nitrogens is 3. The third-order valence-electron chi connectivity index (χ3n) is 10.6. The van der Waals surface area contributed by atoms with E-state index in [4.69, 9.17) is 21.3 Å². The number of aromatic amines is 1. The number of benzene rings is 2. The van der Waals surface area contributed by atoms with Gasteiger partial charge in [-0.2, -0.15) is 0 Å². The van der Waals surface area contributed by atoms with Gasteiger partial charge in [0.15, 0.2) is 0 Å². The van der Waals surface area contributed by atoms with Gasteiger partial charge in [-0.1, -0.05) is 56.6 Å². The number of alkyl carbamates (subject to hydrolysis) is 1. The van der Waals surface area contributed by atoms with Gasteiger partial charge in [0.1, 0.15) is 23.9 Å². The molecule has 0 aliphatic carbocycles. The molecule has 332 valence electrons. The number of carbonyl (C=O) groups excluding carboxylic acids is 4. The average Bonchev–Trinajstić information content (AvgIpc) is 3.88. The maximum Gasteiger partial charge on any atom is 0.573 e. The van der Waals surface area contributed by atoms with Gasteiger partial charge >= 0.3 is 12.5 Å². The van der Waals surface area contributed by atoms with Crippen molar-refractivity contribution in [3.8, 4) is 28.1 Å². The van der Waals surface area contributed by atoms with E-state index in [2.05, 4.69) is 30.1 Å². The van der Waals surface area contributed by atoms with Crippen LogP contribution in [0.25, 0.3) is 22.4 Å². The highest BCUT2D eigenvalue weighted by Crippen LogP contribution is 2.41. The third kappa shape index (κ3) is 10.4. The summed E-state index contributed by atoms with van der Waals surface area (Å²) >= 11 is 6.58. The van der Waals surface area contributed by atoms with Crippen LogP contribution in [-0.2, 0) is 25.7 Å². The molecule has 0 spiro atoms. The molecule has 2 fully saturated rings. The molecule has 62 heavy (non-hydrogen) atoms. The van der Waals surface area contributed by atoms with E-state index in [0.717, 1.165) is 6.07 Å². The van der Waals surface area contributed by atoms with Crippen molar-refractivity contribution in [2.75, 3.05) is 57.2 Å². The highest BCUT2D eigenvalue weighted by molar-refractivity contribution is 6.34. The molecular formula is C42H48ClF3N8O8. The Hall–Kier alpha value is -5.92. The predicted octanol–water partition coefficient (Wildman–Crippen LogP) is 6.16. The van der Waals surface area contributed by atoms with E-state index in [9.17, 15) is 37.5 Å². The zero-order valence-electron chi connectivity index (χ0n) is 34.9. The minimum Gasteiger partial charge on any atom is -0.453 e. The predicted molar refractivity (Wildman–Crippen MR) is 222 cm³/mol. The van der Waals surface area contributed by atoms with Crippen LogP contribution in [0.1, 0.15) is 62.0 Å². The molecule has 0 radical (unpaired) electrons. The van der Waals surface area contributed by atoms with Crippen molar-refractivity contribution in [2.45, 2.75) is 65.3 Å². The minimum absolute atomic E-state index is 0.0299. The number of amides is 4. The lowest BCUT2D eigenvalue weighted by Crippen LogP contribution is -2.56. The number of hydrogen-bond acceptors (Lipinski definition) is 11. The fourth-order valence-corrected chi connectivity index (χ4v) is 7.71. The summed E-state index contributed by atoms with van der Waals surface area (Å²) in [6, 6.07) is 11.1. The van der Waals surface area contributed by atoms with Crippen molar-refractivity contribution in [1.82, 2.24) is 30.1 Å². The summed E-state index contributed by atoms with van der Waals surface area (Å²) in [7, 11) is 2.69. The van der Waals surface area contributed by atoms with Crippen LogP contribution in [0.2, 0.25) is 5.02 Å². The first kappa shape index (κ1) is 45.6. The van der Waals surface area contributed by atoms with Gasteiger partial charge in [-0.15, -0.1) is 13.2 Å². The number of rotatable bonds is 11. The molecule has 2 saturated heterocycles. The SMILES string of the molecule is COC(=O)NCC(=O)N1C[C@@H](OC)C[C@H]1c1nc(-c2ccc(-c3cc(Cl)c(NC(=O)c4ccc(N5CCN(C(=O)C(C)(C)C)C[C@H]5C)nc4)cc3OC(F)(F)F)cc2)c(CO)[nH]1. The first-order valence-corrected chi connectivity index (χ1v) is 20.0. The quantitative estimate of drug-likeness (QED) is 0.135. The van der Waals surface area contributed by atoms with Crippen molar-refractivity contribution < 1.29 is 51.7 Å². The molecule has 16 nitrogen and oxygen atoms in total. The number of nitrogens with one attached hydrogen (secondary N) is 3. The summed E-state index contributed by atoms with van der Waals surface area (Å²) in [6.45, 7) is 8.63. The molecule has 4 aromatic rings. The molecule has 4 heterocycles. The van der Waals surface area contributed by atoms with Gasteiger partial charge in [-0.05, 0) is 30.7 Å². The number of likely N-dealkylation sites (tertiary alicyclic amines) is 1. The Labute approximate surface area is 360 Å². The maximum atomic E-state index is 13.8. The van der Waals surface area contributed by atoms with Crippen molar-refractivity contribution >= 4 is 46.9 Å². The van der Waals surface area contributed by atoms with Gasteiger partial charge in [0.2, 0.25) is 11.8 Å². The van der Waals surface area contributed by atoms with Crippen LogP contribution in [0.3, 0.4) is 0 Å². The maximum absolute atomic E-state index is 13.8. The van der Waals surface area contributed by atoms with Gasteiger partial charge in [0, 0.05) is 74.6 Å². The Morgan fingerprint density at radius 2 is 1.71 bits per heavy atom. The van der Waals surface area contributed by atoms with Crippen LogP contribution in [0.5, 0.6) is 5.75 Å². The second-order valence-corrected chi connectivity index (χ2v) is 16.4. The number of alkyl halides is 3. The lowest BCUT2D eigenvalue weighted by Gasteiger charge is -2.42. The highest BCUT2D eigenvalue weighted by Gasteiger charge is 2.39. The molecule has 3 atom stereocenters. The van der Waals surface area contributed by atoms with Gasteiger partial charge in [0.05, 0.1) is 53.5 Å². The number of aliphatic hydroxyl groups excluding tert-OH is 1. The van der Waals surface area contributed by atoms with Crippen LogP contribution in [0.15, 0.2) is 54.7 Å². The number of halogens is 4. The van der Waals surface area contributed by atoms with Crippen LogP contribution < -0.4 is 20.3 Å². The van der Waals surface area contributed by atoms with E-state index in [-0.39, 0.29) is 58.5 Å². The Bertz CT molecular complexity index is 2280. The molecule has 2 aliphatic rings. The second-order valence-electron chi connectivity index (χ2n) is 16.0. The standard InChI is InChI=1S/C42H48ClF3N8O8/c1-23-20-52(39(58)41(2,3)4)13-14-53(23)34-12-11-26(18-47-34)38(57)50-30-17-33(62-42(44,45)46)28(16-29(30)43)24-7-9-25(10-8-24)36-31(22-55)49-37(51-36)32-15-27(60-5)21-54(32)35(56)19-48-40(59)61-6/h7-12,16-18,23,27,32,55H,13-15,19-22H2,1-6H3,(H,48,59)(H,49,51)(H,50,57)/t23-,27+,32+/m1/s1. The molecule has 2 aliphatic heterocycles. The van der Waals surface area contributed by atoms with E-state index in [0.29, 0.717) is 54.6 Å². The van der Waals surface area contributed by atoms with Crippen LogP contribution in [-0.4, -0.2) is 119 Å². The summed E-state index contributed by atoms with van der Waals surface area (Å²) in [5, 5.41) is 15.1. The molecular weight excluding hydrogens is 837 g/mol. The number of piperazine rings is 1. The van der Waals surface area contributed by atoms with E-state index in [1.54, 1.807) is 24.3 Å². The molecule has 2 aromatic carbocycles. The van der Waals surface area contributed by atoms with Crippen LogP contribution >= 0.6 is 11.6 Å². The van der Waals surface area contributed by atoms with Crippen LogP contribution in [0.4, 0.5) is 29.5 Å². The van der Waals surface area contributed by atoms with Crippen molar-refractivity contribution in [1.29, 1.82) is 0 Å². The minimum atomic E-state index is -5.10. The molecule has 20 heteroatoms. The van der Waals surface area contributed by atoms with E-state index in [1.807, 2.05) is 37.5 Å². The zero-order valence-corrected chi connectivity index (χ0v) is 35.7. The average molecular weight is 885 g/mol. The molecule has 4 amide bonds. The summed E-state index contributed by atoms with van der Waals surface area (Å²) in [6.07, 6.45) is -4.46. The highest BCUT2D eigenvalue weighted by atomic mass is 35.5. The second kappa shape index (κ2) is 18.6. The fourth-order valence-electron chi connectivity index (χ4n) is 7.50. The first-order valence-electron chi connectivity index (χ1n) is 19.7. The number of carbonyl (C=O) groups is 4. The van der Waals surface area contributed by atoms with Gasteiger partial charge in [-0.25, -0.2) is 14.8 Å². The Balaban J connectivity index is 1.19. The van der Waals surface area contributed by atoms with Gasteiger partial charge in [-0.3, -0.25) is 14.4 Å². The fraction of sp³-hybridized carbons (Fsp3) is 0.429. The monoisotopic (exact) mass is 884 g/mol. The molecule has 0 unspecified atom stereocenters. The number of methoxy groups -OCH3 is 2. The summed E-state index contributed by atoms with van der Waals surface area (Å²) in [5.74, 6) is -0.690. The lowest BCUT2D eigenvalue weighted by molar-refractivity contribution is -0.274. The summed E-state index contributed by atoms with van der Waals surface area (Å²) in [5.41, 5.74) is 0.890. The Morgan fingerprint density at radius 1 is 1.00 bits per heavy atom. The smallest absolute Gasteiger partial charge is 0.453 e. The number of imidazole rings is 1. The molecule has 0 saturated carbocycles.